The van der Waals surface area contributed by atoms with Crippen LogP contribution in [0.2, 0.25) is 0 Å². The first kappa shape index (κ1) is 20.9. The maximum Gasteiger partial charge on any atom is 0.178 e. The fraction of sp³-hybridized carbons (Fsp3) is 0.739. The average molecular weight is 408 g/mol. The first-order chi connectivity index (χ1) is 13.6. The molecule has 0 aromatic heterocycles. The van der Waals surface area contributed by atoms with Gasteiger partial charge >= 0.3 is 0 Å². The summed E-state index contributed by atoms with van der Waals surface area (Å²) in [6.45, 7) is 5.00. The minimum absolute atomic E-state index is 0.0674. The molecule has 2 N–H and O–H groups in total. The first-order valence-electron chi connectivity index (χ1n) is 10.6. The lowest BCUT2D eigenvalue weighted by Crippen LogP contribution is -2.65. The Morgan fingerprint density at radius 1 is 1.28 bits per heavy atom. The van der Waals surface area contributed by atoms with Crippen molar-refractivity contribution in [2.45, 2.75) is 58.0 Å². The number of halogens is 2. The molecular weight excluding hydrogens is 378 g/mol. The molecule has 3 fully saturated rings. The number of hydrogen-bond donors (Lipinski definition) is 2. The number of rotatable bonds is 2. The highest BCUT2D eigenvalue weighted by atomic mass is 19.1. The van der Waals surface area contributed by atoms with Gasteiger partial charge in [-0.05, 0) is 60.2 Å². The van der Waals surface area contributed by atoms with Crippen molar-refractivity contribution >= 4 is 11.6 Å². The zero-order valence-electron chi connectivity index (χ0n) is 17.1. The molecule has 0 spiro atoms. The van der Waals surface area contributed by atoms with E-state index in [-0.39, 0.29) is 41.8 Å². The van der Waals surface area contributed by atoms with Gasteiger partial charge in [0.1, 0.15) is 18.4 Å². The monoisotopic (exact) mass is 408 g/mol. The molecule has 6 heteroatoms. The largest absolute Gasteiger partial charge is 0.390 e. The lowest BCUT2D eigenvalue weighted by Gasteiger charge is -2.59. The molecule has 0 amide bonds. The van der Waals surface area contributed by atoms with Crippen LogP contribution in [-0.4, -0.2) is 46.3 Å². The van der Waals surface area contributed by atoms with Crippen molar-refractivity contribution < 1.29 is 28.6 Å². The lowest BCUT2D eigenvalue weighted by molar-refractivity contribution is -0.192. The molecule has 0 heterocycles. The van der Waals surface area contributed by atoms with Crippen LogP contribution in [0.4, 0.5) is 8.78 Å². The van der Waals surface area contributed by atoms with Crippen molar-refractivity contribution in [1.29, 1.82) is 0 Å². The lowest BCUT2D eigenvalue weighted by atomic mass is 9.48. The number of carbonyl (C=O) groups excluding carboxylic acids is 2. The van der Waals surface area contributed by atoms with E-state index in [2.05, 4.69) is 0 Å². The van der Waals surface area contributed by atoms with Gasteiger partial charge in [0.15, 0.2) is 11.6 Å². The second kappa shape index (κ2) is 6.81. The Morgan fingerprint density at radius 3 is 2.62 bits per heavy atom. The fourth-order valence-electron chi connectivity index (χ4n) is 7.55. The van der Waals surface area contributed by atoms with Crippen LogP contribution in [0.15, 0.2) is 23.8 Å². The molecule has 29 heavy (non-hydrogen) atoms. The van der Waals surface area contributed by atoms with Crippen LogP contribution in [0.3, 0.4) is 0 Å². The summed E-state index contributed by atoms with van der Waals surface area (Å²) in [6.07, 6.45) is 1.94. The SMILES string of the molecule is CC1C=CC(=O)C=C2C(F)CC3C4CC(C)C(C(=O)CO)C4(C)CC(O)C3(F)C21. The highest BCUT2D eigenvalue weighted by Crippen LogP contribution is 2.67. The molecule has 4 nitrogen and oxygen atoms in total. The third-order valence-corrected chi connectivity index (χ3v) is 8.51. The number of alkyl halides is 2. The van der Waals surface area contributed by atoms with Crippen molar-refractivity contribution in [2.24, 2.45) is 40.9 Å². The Labute approximate surface area is 170 Å². The zero-order chi connectivity index (χ0) is 21.3. The topological polar surface area (TPSA) is 74.6 Å². The molecule has 0 saturated heterocycles. The second-order valence-electron chi connectivity index (χ2n) is 10.0. The normalized spacial score (nSPS) is 51.6. The maximum absolute atomic E-state index is 16.9. The number of aliphatic hydroxyl groups excluding tert-OH is 2. The number of carbonyl (C=O) groups is 2. The van der Waals surface area contributed by atoms with E-state index in [1.54, 1.807) is 13.0 Å². The zero-order valence-corrected chi connectivity index (χ0v) is 17.1. The molecular formula is C23H30F2O4. The van der Waals surface area contributed by atoms with Gasteiger partial charge in [0, 0.05) is 17.8 Å². The Balaban J connectivity index is 1.82. The molecule has 3 saturated carbocycles. The van der Waals surface area contributed by atoms with E-state index in [0.717, 1.165) is 0 Å². The standard InChI is InChI=1S/C23H30F2O4/c1-11-4-5-13(27)7-14-17(24)8-16-15-6-12(2)21(18(28)10-26)22(15,3)9-19(29)23(16,25)20(11)14/h4-5,7,11-12,15-17,19-21,26,29H,6,8-10H2,1-3H3. The van der Waals surface area contributed by atoms with Gasteiger partial charge in [-0.3, -0.25) is 9.59 Å². The van der Waals surface area contributed by atoms with E-state index in [1.165, 1.54) is 12.2 Å². The molecule has 0 bridgehead atoms. The number of ketones is 2. The number of fused-ring (bicyclic) bond motifs is 5. The van der Waals surface area contributed by atoms with Gasteiger partial charge in [-0.25, -0.2) is 8.78 Å². The predicted molar refractivity (Wildman–Crippen MR) is 103 cm³/mol. The van der Waals surface area contributed by atoms with Crippen LogP contribution < -0.4 is 0 Å². The molecule has 0 aromatic rings. The summed E-state index contributed by atoms with van der Waals surface area (Å²) >= 11 is 0. The van der Waals surface area contributed by atoms with Crippen molar-refractivity contribution in [2.75, 3.05) is 6.61 Å². The summed E-state index contributed by atoms with van der Waals surface area (Å²) in [4.78, 5) is 24.5. The molecule has 4 aliphatic rings. The Hall–Kier alpha value is -1.40. The first-order valence-corrected chi connectivity index (χ1v) is 10.6. The van der Waals surface area contributed by atoms with Gasteiger partial charge < -0.3 is 10.2 Å². The molecule has 10 unspecified atom stereocenters. The number of allylic oxidation sites excluding steroid dienone is 4. The summed E-state index contributed by atoms with van der Waals surface area (Å²) < 4.78 is 32.2. The van der Waals surface area contributed by atoms with E-state index in [1.807, 2.05) is 13.8 Å². The predicted octanol–water partition coefficient (Wildman–Crippen LogP) is 2.97. The van der Waals surface area contributed by atoms with Gasteiger partial charge in [0.05, 0.1) is 6.10 Å². The summed E-state index contributed by atoms with van der Waals surface area (Å²) in [5.41, 5.74) is -2.58. The molecule has 4 rings (SSSR count). The van der Waals surface area contributed by atoms with Gasteiger partial charge in [0.2, 0.25) is 0 Å². The Morgan fingerprint density at radius 2 is 1.97 bits per heavy atom. The third kappa shape index (κ3) is 2.74. The maximum atomic E-state index is 16.9. The van der Waals surface area contributed by atoms with Crippen LogP contribution >= 0.6 is 0 Å². The van der Waals surface area contributed by atoms with Crippen molar-refractivity contribution in [3.05, 3.63) is 23.8 Å². The minimum Gasteiger partial charge on any atom is -0.390 e. The highest BCUT2D eigenvalue weighted by Gasteiger charge is 2.70. The summed E-state index contributed by atoms with van der Waals surface area (Å²) in [5.74, 6) is -3.50. The van der Waals surface area contributed by atoms with Gasteiger partial charge in [-0.2, -0.15) is 0 Å². The number of Topliss-reactive ketones (excluding diaryl/α,β-unsaturated/α-hetero) is 1. The summed E-state index contributed by atoms with van der Waals surface area (Å²) in [6, 6.07) is 0. The van der Waals surface area contributed by atoms with Crippen LogP contribution in [0.1, 0.15) is 40.0 Å². The van der Waals surface area contributed by atoms with E-state index in [4.69, 9.17) is 0 Å². The summed E-state index contributed by atoms with van der Waals surface area (Å²) in [7, 11) is 0. The number of aliphatic hydroxyl groups is 2. The van der Waals surface area contributed by atoms with Crippen LogP contribution in [0, 0.1) is 40.9 Å². The minimum atomic E-state index is -2.05. The molecule has 160 valence electrons. The molecule has 4 aliphatic carbocycles. The quantitative estimate of drug-likeness (QED) is 0.737. The average Bonchev–Trinajstić information content (AvgIpc) is 2.80. The fourth-order valence-corrected chi connectivity index (χ4v) is 7.55. The summed E-state index contributed by atoms with van der Waals surface area (Å²) in [5, 5.41) is 20.6. The molecule has 0 aliphatic heterocycles. The van der Waals surface area contributed by atoms with Crippen LogP contribution in [-0.2, 0) is 9.59 Å². The van der Waals surface area contributed by atoms with Crippen molar-refractivity contribution in [3.63, 3.8) is 0 Å². The second-order valence-corrected chi connectivity index (χ2v) is 10.0. The van der Waals surface area contributed by atoms with E-state index in [9.17, 15) is 19.8 Å². The Kier molecular flexibility index (Phi) is 4.90. The van der Waals surface area contributed by atoms with E-state index < -0.39 is 53.6 Å². The van der Waals surface area contributed by atoms with Crippen molar-refractivity contribution in [3.8, 4) is 0 Å². The van der Waals surface area contributed by atoms with Crippen molar-refractivity contribution in [1.82, 2.24) is 0 Å². The van der Waals surface area contributed by atoms with E-state index in [0.29, 0.717) is 6.42 Å². The smallest absolute Gasteiger partial charge is 0.178 e. The van der Waals surface area contributed by atoms with Gasteiger partial charge in [-0.1, -0.05) is 26.8 Å². The Bertz CT molecular complexity index is 792. The van der Waals surface area contributed by atoms with Gasteiger partial charge in [-0.15, -0.1) is 0 Å². The van der Waals surface area contributed by atoms with Gasteiger partial charge in [0.25, 0.3) is 0 Å². The molecule has 10 atom stereocenters. The molecule has 0 radical (unpaired) electrons. The third-order valence-electron chi connectivity index (χ3n) is 8.51. The van der Waals surface area contributed by atoms with Crippen LogP contribution in [0.5, 0.6) is 0 Å². The highest BCUT2D eigenvalue weighted by molar-refractivity contribution is 6.00. The number of hydrogen-bond acceptors (Lipinski definition) is 4. The van der Waals surface area contributed by atoms with Crippen LogP contribution in [0.25, 0.3) is 0 Å². The van der Waals surface area contributed by atoms with E-state index >= 15 is 8.78 Å². The molecule has 0 aromatic carbocycles.